The second-order valence-electron chi connectivity index (χ2n) is 12.9. The number of esters is 2. The molecule has 1 heterocycles. The molecule has 5 aliphatic rings. The van der Waals surface area contributed by atoms with Gasteiger partial charge >= 0.3 is 11.9 Å². The van der Waals surface area contributed by atoms with Crippen molar-refractivity contribution < 1.29 is 28.2 Å². The molecule has 5 rings (SSSR count). The molecule has 5 fully saturated rings. The molecular formula is C25H40O6Si. The predicted octanol–water partition coefficient (Wildman–Crippen LogP) is 4.32. The van der Waals surface area contributed by atoms with Gasteiger partial charge in [0.2, 0.25) is 0 Å². The highest BCUT2D eigenvalue weighted by Crippen LogP contribution is 2.81. The molecule has 1 saturated heterocycles. The minimum atomic E-state index is -1.84. The number of epoxide rings is 1. The molecule has 180 valence electrons. The van der Waals surface area contributed by atoms with E-state index in [2.05, 4.69) is 26.6 Å². The Bertz CT molecular complexity index is 848. The van der Waals surface area contributed by atoms with E-state index in [4.69, 9.17) is 18.6 Å². The summed E-state index contributed by atoms with van der Waals surface area (Å²) in [6, 6.07) is 0. The predicted molar refractivity (Wildman–Crippen MR) is 121 cm³/mol. The molecule has 0 aromatic carbocycles. The van der Waals surface area contributed by atoms with Crippen molar-refractivity contribution in [2.45, 2.75) is 89.6 Å². The maximum Gasteiger partial charge on any atom is 0.311 e. The van der Waals surface area contributed by atoms with E-state index in [-0.39, 0.29) is 45.8 Å². The van der Waals surface area contributed by atoms with Gasteiger partial charge in [0.05, 0.1) is 37.8 Å². The fraction of sp³-hybridized carbons (Fsp3) is 0.920. The molecule has 4 saturated carbocycles. The van der Waals surface area contributed by atoms with E-state index in [9.17, 15) is 9.59 Å². The quantitative estimate of drug-likeness (QED) is 0.350. The third kappa shape index (κ3) is 2.65. The third-order valence-electron chi connectivity index (χ3n) is 10.2. The van der Waals surface area contributed by atoms with Crippen LogP contribution in [0.5, 0.6) is 0 Å². The fourth-order valence-corrected chi connectivity index (χ4v) is 11.2. The van der Waals surface area contributed by atoms with Gasteiger partial charge in [-0.25, -0.2) is 0 Å². The average molecular weight is 465 g/mol. The molecule has 0 aromatic heterocycles. The second-order valence-corrected chi connectivity index (χ2v) is 17.3. The molecule has 0 N–H and O–H groups in total. The molecule has 32 heavy (non-hydrogen) atoms. The minimum Gasteiger partial charge on any atom is -0.469 e. The van der Waals surface area contributed by atoms with E-state index in [1.54, 1.807) is 0 Å². The lowest BCUT2D eigenvalue weighted by Crippen LogP contribution is -2.53. The third-order valence-corrected chi connectivity index (χ3v) is 11.3. The summed E-state index contributed by atoms with van der Waals surface area (Å²) in [5, 5.41) is 0. The van der Waals surface area contributed by atoms with Crippen LogP contribution >= 0.6 is 0 Å². The molecular weight excluding hydrogens is 424 g/mol. The molecule has 0 aromatic rings. The van der Waals surface area contributed by atoms with Gasteiger partial charge in [0.15, 0.2) is 8.32 Å². The van der Waals surface area contributed by atoms with Crippen molar-refractivity contribution in [3.63, 3.8) is 0 Å². The zero-order valence-corrected chi connectivity index (χ0v) is 21.8. The molecule has 4 aliphatic carbocycles. The van der Waals surface area contributed by atoms with Crippen molar-refractivity contribution in [1.82, 2.24) is 0 Å². The SMILES string of the molecule is COC(=O)[C@H]1[C@H]2[C@@](C)(CCC[C@@]2(C)C(=O)OC)[C@@H]2CC[C@]3(O[Si](C)(C)C)C[C@]12CC31CO1. The van der Waals surface area contributed by atoms with Crippen LogP contribution in [-0.2, 0) is 28.2 Å². The van der Waals surface area contributed by atoms with Crippen molar-refractivity contribution >= 4 is 20.3 Å². The Morgan fingerprint density at radius 1 is 1.00 bits per heavy atom. The molecule has 0 radical (unpaired) electrons. The molecule has 0 amide bonds. The lowest BCUT2D eigenvalue weighted by Gasteiger charge is -2.51. The van der Waals surface area contributed by atoms with Crippen LogP contribution in [0.25, 0.3) is 0 Å². The van der Waals surface area contributed by atoms with Gasteiger partial charge in [0, 0.05) is 0 Å². The van der Waals surface area contributed by atoms with Crippen LogP contribution in [0.15, 0.2) is 0 Å². The first-order valence-corrected chi connectivity index (χ1v) is 15.7. The summed E-state index contributed by atoms with van der Waals surface area (Å²) in [7, 11) is 1.13. The molecule has 8 atom stereocenters. The molecule has 2 bridgehead atoms. The van der Waals surface area contributed by atoms with E-state index < -0.39 is 13.7 Å². The van der Waals surface area contributed by atoms with E-state index in [1.807, 2.05) is 6.92 Å². The number of ether oxygens (including phenoxy) is 3. The maximum absolute atomic E-state index is 13.6. The number of carbonyl (C=O) groups is 2. The fourth-order valence-electron chi connectivity index (χ4n) is 9.62. The maximum atomic E-state index is 13.6. The first-order valence-electron chi connectivity index (χ1n) is 12.3. The number of fused-ring (bicyclic) bond motifs is 4. The van der Waals surface area contributed by atoms with Gasteiger partial charge in [-0.15, -0.1) is 0 Å². The summed E-state index contributed by atoms with van der Waals surface area (Å²) >= 11 is 0. The smallest absolute Gasteiger partial charge is 0.311 e. The van der Waals surface area contributed by atoms with Gasteiger partial charge in [-0.2, -0.15) is 0 Å². The molecule has 1 unspecified atom stereocenters. The van der Waals surface area contributed by atoms with Crippen molar-refractivity contribution in [3.05, 3.63) is 0 Å². The molecule has 1 aliphatic heterocycles. The highest BCUT2D eigenvalue weighted by molar-refractivity contribution is 6.69. The van der Waals surface area contributed by atoms with E-state index in [1.165, 1.54) is 14.2 Å². The zero-order chi connectivity index (χ0) is 23.4. The zero-order valence-electron chi connectivity index (χ0n) is 20.8. The number of hydrogen-bond acceptors (Lipinski definition) is 6. The van der Waals surface area contributed by atoms with Gasteiger partial charge in [-0.3, -0.25) is 9.59 Å². The topological polar surface area (TPSA) is 74.4 Å². The van der Waals surface area contributed by atoms with Gasteiger partial charge in [-0.1, -0.05) is 13.3 Å². The van der Waals surface area contributed by atoms with Crippen LogP contribution in [0.1, 0.15) is 58.8 Å². The van der Waals surface area contributed by atoms with E-state index in [0.717, 1.165) is 51.6 Å². The first-order chi connectivity index (χ1) is 14.8. The monoisotopic (exact) mass is 464 g/mol. The Morgan fingerprint density at radius 2 is 1.69 bits per heavy atom. The van der Waals surface area contributed by atoms with Gasteiger partial charge in [-0.05, 0) is 87.8 Å². The Labute approximate surface area is 193 Å². The Hall–Kier alpha value is -0.923. The number of rotatable bonds is 4. The van der Waals surface area contributed by atoms with Gasteiger partial charge < -0.3 is 18.6 Å². The summed E-state index contributed by atoms with van der Waals surface area (Å²) in [5.74, 6) is -0.416. The summed E-state index contributed by atoms with van der Waals surface area (Å²) in [4.78, 5) is 26.8. The van der Waals surface area contributed by atoms with Crippen LogP contribution in [0.3, 0.4) is 0 Å². The summed E-state index contributed by atoms with van der Waals surface area (Å²) < 4.78 is 24.1. The van der Waals surface area contributed by atoms with Gasteiger partial charge in [0.1, 0.15) is 5.60 Å². The highest BCUT2D eigenvalue weighted by Gasteiger charge is 2.84. The molecule has 6 nitrogen and oxygen atoms in total. The van der Waals surface area contributed by atoms with Crippen molar-refractivity contribution in [2.75, 3.05) is 20.8 Å². The van der Waals surface area contributed by atoms with Crippen LogP contribution < -0.4 is 0 Å². The lowest BCUT2D eigenvalue weighted by atomic mass is 9.53. The van der Waals surface area contributed by atoms with E-state index >= 15 is 0 Å². The first kappa shape index (κ1) is 22.8. The van der Waals surface area contributed by atoms with Crippen LogP contribution in [0, 0.1) is 34.0 Å². The van der Waals surface area contributed by atoms with Crippen LogP contribution in [0.2, 0.25) is 19.6 Å². The van der Waals surface area contributed by atoms with Crippen LogP contribution in [0.4, 0.5) is 0 Å². The second kappa shape index (κ2) is 6.60. The molecule has 7 heteroatoms. The van der Waals surface area contributed by atoms with Crippen LogP contribution in [-0.4, -0.2) is 52.3 Å². The summed E-state index contributed by atoms with van der Waals surface area (Å²) in [6.45, 7) is 11.8. The van der Waals surface area contributed by atoms with E-state index in [0.29, 0.717) is 5.92 Å². The van der Waals surface area contributed by atoms with Crippen molar-refractivity contribution in [3.8, 4) is 0 Å². The minimum absolute atomic E-state index is 0.0924. The Kier molecular flexibility index (Phi) is 4.71. The highest BCUT2D eigenvalue weighted by atomic mass is 28.4. The average Bonchev–Trinajstić information content (AvgIpc) is 3.40. The number of carbonyl (C=O) groups excluding carboxylic acids is 2. The van der Waals surface area contributed by atoms with Crippen molar-refractivity contribution in [2.24, 2.45) is 34.0 Å². The Balaban J connectivity index is 1.68. The number of methoxy groups -OCH3 is 2. The normalized spacial score (nSPS) is 51.2. The number of hydrogen-bond donors (Lipinski definition) is 0. The lowest BCUT2D eigenvalue weighted by molar-refractivity contribution is -0.170. The molecule has 2 spiro atoms. The summed E-state index contributed by atoms with van der Waals surface area (Å²) in [5.41, 5.74) is -1.63. The summed E-state index contributed by atoms with van der Waals surface area (Å²) in [6.07, 6.45) is 6.48. The standard InChI is InChI=1S/C25H40O6Si/c1-21-10-8-11-22(2,20(27)29-4)18(21)17(19(26)28-3)23-13-24(12-9-16(21)23,31-32(5,6)7)25(14-23)15-30-25/h16-18H,8-15H2,1-7H3/t16-,17+,18-,21-,22+,23+,24-,25?/m0/s1. The van der Waals surface area contributed by atoms with Gasteiger partial charge in [0.25, 0.3) is 0 Å². The van der Waals surface area contributed by atoms with Crippen molar-refractivity contribution in [1.29, 1.82) is 0 Å². The Morgan fingerprint density at radius 3 is 2.25 bits per heavy atom. The largest absolute Gasteiger partial charge is 0.469 e.